The molecule has 100 valence electrons. The number of nitrogens with zero attached hydrogens (tertiary/aromatic N) is 1. The lowest BCUT2D eigenvalue weighted by Crippen LogP contribution is -2.30. The van der Waals surface area contributed by atoms with E-state index in [2.05, 4.69) is 58.3 Å². The van der Waals surface area contributed by atoms with Gasteiger partial charge in [0, 0.05) is 23.8 Å². The maximum atomic E-state index is 3.55. The number of aryl methyl sites for hydroxylation is 1. The maximum Gasteiger partial charge on any atom is 0.0367 e. The van der Waals surface area contributed by atoms with Gasteiger partial charge >= 0.3 is 0 Å². The third kappa shape index (κ3) is 3.72. The van der Waals surface area contributed by atoms with E-state index in [1.807, 2.05) is 0 Å². The zero-order valence-corrected chi connectivity index (χ0v) is 13.0. The summed E-state index contributed by atoms with van der Waals surface area (Å²) in [6, 6.07) is 6.59. The standard InChI is InChI=1S/C15H23BrN2/c1-12-11-14(3-4-15(12)16)18(2)10-7-13-5-8-17-9-6-13/h3-4,11,13,17H,5-10H2,1-2H3. The van der Waals surface area contributed by atoms with Crippen molar-refractivity contribution in [1.29, 1.82) is 0 Å². The van der Waals surface area contributed by atoms with Crippen LogP contribution in [0.4, 0.5) is 5.69 Å². The maximum absolute atomic E-state index is 3.55. The van der Waals surface area contributed by atoms with Crippen molar-refractivity contribution in [3.63, 3.8) is 0 Å². The van der Waals surface area contributed by atoms with Gasteiger partial charge in [-0.05, 0) is 69.0 Å². The van der Waals surface area contributed by atoms with Gasteiger partial charge in [-0.3, -0.25) is 0 Å². The Hall–Kier alpha value is -0.540. The van der Waals surface area contributed by atoms with E-state index in [0.29, 0.717) is 0 Å². The SMILES string of the molecule is Cc1cc(N(C)CCC2CCNCC2)ccc1Br. The minimum atomic E-state index is 0.908. The van der Waals surface area contributed by atoms with Crippen LogP contribution in [-0.2, 0) is 0 Å². The first-order valence-corrected chi connectivity index (χ1v) is 7.64. The quantitative estimate of drug-likeness (QED) is 0.914. The van der Waals surface area contributed by atoms with Crippen LogP contribution in [0.5, 0.6) is 0 Å². The molecule has 1 N–H and O–H groups in total. The molecule has 3 heteroatoms. The van der Waals surface area contributed by atoms with Gasteiger partial charge in [-0.15, -0.1) is 0 Å². The minimum absolute atomic E-state index is 0.908. The van der Waals surface area contributed by atoms with Crippen LogP contribution >= 0.6 is 15.9 Å². The lowest BCUT2D eigenvalue weighted by molar-refractivity contribution is 0.356. The fourth-order valence-corrected chi connectivity index (χ4v) is 2.79. The predicted octanol–water partition coefficient (Wildman–Crippen LogP) is 3.58. The molecule has 1 aliphatic heterocycles. The molecule has 1 fully saturated rings. The molecule has 1 aromatic carbocycles. The minimum Gasteiger partial charge on any atom is -0.375 e. The molecule has 0 atom stereocenters. The number of hydrogen-bond donors (Lipinski definition) is 1. The molecule has 0 amide bonds. The van der Waals surface area contributed by atoms with E-state index in [1.54, 1.807) is 0 Å². The van der Waals surface area contributed by atoms with Gasteiger partial charge in [-0.25, -0.2) is 0 Å². The molecule has 2 rings (SSSR count). The fourth-order valence-electron chi connectivity index (χ4n) is 2.54. The van der Waals surface area contributed by atoms with Gasteiger partial charge in [0.25, 0.3) is 0 Å². The van der Waals surface area contributed by atoms with E-state index < -0.39 is 0 Å². The first-order chi connectivity index (χ1) is 8.66. The lowest BCUT2D eigenvalue weighted by atomic mass is 9.94. The van der Waals surface area contributed by atoms with Crippen LogP contribution in [0, 0.1) is 12.8 Å². The summed E-state index contributed by atoms with van der Waals surface area (Å²) in [5, 5.41) is 3.43. The molecule has 2 nitrogen and oxygen atoms in total. The van der Waals surface area contributed by atoms with Crippen molar-refractivity contribution >= 4 is 21.6 Å². The zero-order chi connectivity index (χ0) is 13.0. The van der Waals surface area contributed by atoms with Crippen LogP contribution < -0.4 is 10.2 Å². The Labute approximate surface area is 119 Å². The number of nitrogens with one attached hydrogen (secondary N) is 1. The molecule has 1 saturated heterocycles. The van der Waals surface area contributed by atoms with Gasteiger partial charge in [0.05, 0.1) is 0 Å². The molecule has 0 unspecified atom stereocenters. The molecule has 18 heavy (non-hydrogen) atoms. The zero-order valence-electron chi connectivity index (χ0n) is 11.4. The Balaban J connectivity index is 1.86. The van der Waals surface area contributed by atoms with Crippen LogP contribution in [0.1, 0.15) is 24.8 Å². The molecule has 0 aliphatic carbocycles. The highest BCUT2D eigenvalue weighted by atomic mass is 79.9. The molecular formula is C15H23BrN2. The lowest BCUT2D eigenvalue weighted by Gasteiger charge is -2.26. The average Bonchev–Trinajstić information content (AvgIpc) is 2.40. The third-order valence-electron chi connectivity index (χ3n) is 3.91. The van der Waals surface area contributed by atoms with Crippen molar-refractivity contribution in [2.24, 2.45) is 5.92 Å². The molecule has 1 aliphatic rings. The van der Waals surface area contributed by atoms with E-state index in [4.69, 9.17) is 0 Å². The van der Waals surface area contributed by atoms with E-state index in [-0.39, 0.29) is 0 Å². The number of rotatable bonds is 4. The number of hydrogen-bond acceptors (Lipinski definition) is 2. The Bertz CT molecular complexity index is 386. The van der Waals surface area contributed by atoms with Crippen molar-refractivity contribution in [1.82, 2.24) is 5.32 Å². The summed E-state index contributed by atoms with van der Waals surface area (Å²) in [6.07, 6.45) is 3.99. The molecule has 0 spiro atoms. The summed E-state index contributed by atoms with van der Waals surface area (Å²) in [5.74, 6) is 0.908. The second-order valence-corrected chi connectivity index (χ2v) is 6.19. The molecule has 0 aromatic heterocycles. The van der Waals surface area contributed by atoms with Crippen molar-refractivity contribution < 1.29 is 0 Å². The second kappa shape index (κ2) is 6.58. The number of benzene rings is 1. The number of anilines is 1. The van der Waals surface area contributed by atoms with Gasteiger partial charge in [0.2, 0.25) is 0 Å². The summed E-state index contributed by atoms with van der Waals surface area (Å²) in [6.45, 7) is 5.71. The van der Waals surface area contributed by atoms with E-state index in [0.717, 1.165) is 12.5 Å². The largest absolute Gasteiger partial charge is 0.375 e. The fraction of sp³-hybridized carbons (Fsp3) is 0.600. The monoisotopic (exact) mass is 310 g/mol. The topological polar surface area (TPSA) is 15.3 Å². The van der Waals surface area contributed by atoms with Crippen LogP contribution in [-0.4, -0.2) is 26.7 Å². The highest BCUT2D eigenvalue weighted by molar-refractivity contribution is 9.10. The van der Waals surface area contributed by atoms with Crippen molar-refractivity contribution in [3.8, 4) is 0 Å². The van der Waals surface area contributed by atoms with Crippen LogP contribution in [0.15, 0.2) is 22.7 Å². The highest BCUT2D eigenvalue weighted by Gasteiger charge is 2.13. The van der Waals surface area contributed by atoms with E-state index in [9.17, 15) is 0 Å². The smallest absolute Gasteiger partial charge is 0.0367 e. The van der Waals surface area contributed by atoms with Gasteiger partial charge in [-0.1, -0.05) is 15.9 Å². The Morgan fingerprint density at radius 3 is 2.72 bits per heavy atom. The van der Waals surface area contributed by atoms with Crippen LogP contribution in [0.2, 0.25) is 0 Å². The van der Waals surface area contributed by atoms with E-state index >= 15 is 0 Å². The van der Waals surface area contributed by atoms with E-state index in [1.165, 1.54) is 48.1 Å². The average molecular weight is 311 g/mol. The molecule has 0 radical (unpaired) electrons. The molecule has 0 bridgehead atoms. The Morgan fingerprint density at radius 2 is 2.06 bits per heavy atom. The van der Waals surface area contributed by atoms with Gasteiger partial charge in [-0.2, -0.15) is 0 Å². The predicted molar refractivity (Wildman–Crippen MR) is 82.4 cm³/mol. The van der Waals surface area contributed by atoms with Crippen molar-refractivity contribution in [3.05, 3.63) is 28.2 Å². The summed E-state index contributed by atoms with van der Waals surface area (Å²) in [7, 11) is 2.20. The number of halogens is 1. The highest BCUT2D eigenvalue weighted by Crippen LogP contribution is 2.23. The Kier molecular flexibility index (Phi) is 5.07. The summed E-state index contributed by atoms with van der Waals surface area (Å²) >= 11 is 3.55. The molecule has 0 saturated carbocycles. The Morgan fingerprint density at radius 1 is 1.33 bits per heavy atom. The first-order valence-electron chi connectivity index (χ1n) is 6.85. The number of piperidine rings is 1. The molecular weight excluding hydrogens is 288 g/mol. The van der Waals surface area contributed by atoms with Gasteiger partial charge in [0.1, 0.15) is 0 Å². The van der Waals surface area contributed by atoms with Gasteiger partial charge in [0.15, 0.2) is 0 Å². The summed E-state index contributed by atoms with van der Waals surface area (Å²) in [5.41, 5.74) is 2.63. The van der Waals surface area contributed by atoms with Crippen LogP contribution in [0.25, 0.3) is 0 Å². The molecule has 1 aromatic rings. The van der Waals surface area contributed by atoms with Gasteiger partial charge < -0.3 is 10.2 Å². The second-order valence-electron chi connectivity index (χ2n) is 5.34. The summed E-state index contributed by atoms with van der Waals surface area (Å²) in [4.78, 5) is 2.38. The van der Waals surface area contributed by atoms with Crippen molar-refractivity contribution in [2.75, 3.05) is 31.6 Å². The molecule has 1 heterocycles. The van der Waals surface area contributed by atoms with Crippen LogP contribution in [0.3, 0.4) is 0 Å². The third-order valence-corrected chi connectivity index (χ3v) is 4.80. The normalized spacial score (nSPS) is 16.8. The van der Waals surface area contributed by atoms with Crippen molar-refractivity contribution in [2.45, 2.75) is 26.2 Å². The first kappa shape index (κ1) is 13.9. The summed E-state index contributed by atoms with van der Waals surface area (Å²) < 4.78 is 1.19.